The van der Waals surface area contributed by atoms with Gasteiger partial charge in [0.25, 0.3) is 0 Å². The van der Waals surface area contributed by atoms with Gasteiger partial charge in [-0.3, -0.25) is 9.48 Å². The first kappa shape index (κ1) is 17.6. The Bertz CT molecular complexity index is 870. The second-order valence-corrected chi connectivity index (χ2v) is 7.68. The van der Waals surface area contributed by atoms with Crippen LogP contribution in [-0.4, -0.2) is 15.6 Å². The summed E-state index contributed by atoms with van der Waals surface area (Å²) in [6.45, 7) is 8.34. The van der Waals surface area contributed by atoms with Gasteiger partial charge in [0, 0.05) is 25.0 Å². The summed E-state index contributed by atoms with van der Waals surface area (Å²) in [7, 11) is 0. The molecule has 132 valence electrons. The molecule has 3 rings (SSSR count). The summed E-state index contributed by atoms with van der Waals surface area (Å²) >= 11 is 6.50. The smallest absolute Gasteiger partial charge is 0.205 e. The van der Waals surface area contributed by atoms with E-state index in [9.17, 15) is 10.1 Å². The maximum Gasteiger partial charge on any atom is 0.205 e. The van der Waals surface area contributed by atoms with Crippen molar-refractivity contribution < 1.29 is 9.53 Å². The largest absolute Gasteiger partial charge is 0.444 e. The molecule has 1 aromatic rings. The van der Waals surface area contributed by atoms with Crippen molar-refractivity contribution in [3.63, 3.8) is 0 Å². The zero-order chi connectivity index (χ0) is 18.5. The molecule has 2 heterocycles. The van der Waals surface area contributed by atoms with Crippen LogP contribution >= 0.6 is 11.6 Å². The lowest BCUT2D eigenvalue weighted by Gasteiger charge is -2.37. The van der Waals surface area contributed by atoms with Gasteiger partial charge in [-0.2, -0.15) is 10.4 Å². The van der Waals surface area contributed by atoms with Crippen molar-refractivity contribution in [3.05, 3.63) is 39.2 Å². The van der Waals surface area contributed by atoms with E-state index < -0.39 is 5.92 Å². The average Bonchev–Trinajstić information content (AvgIpc) is 2.79. The highest BCUT2D eigenvalue weighted by Gasteiger charge is 2.44. The number of allylic oxidation sites excluding steroid dienone is 3. The van der Waals surface area contributed by atoms with E-state index in [1.807, 2.05) is 20.8 Å². The molecule has 25 heavy (non-hydrogen) atoms. The minimum Gasteiger partial charge on any atom is -0.444 e. The fourth-order valence-corrected chi connectivity index (χ4v) is 3.90. The van der Waals surface area contributed by atoms with Crippen molar-refractivity contribution in [3.8, 4) is 6.07 Å². The van der Waals surface area contributed by atoms with Gasteiger partial charge in [-0.25, -0.2) is 0 Å². The molecule has 0 saturated carbocycles. The van der Waals surface area contributed by atoms with E-state index in [1.54, 1.807) is 11.6 Å². The molecule has 1 aliphatic carbocycles. The first-order chi connectivity index (χ1) is 11.7. The molecule has 6 nitrogen and oxygen atoms in total. The molecule has 2 aliphatic rings. The van der Waals surface area contributed by atoms with Gasteiger partial charge in [0.2, 0.25) is 5.88 Å². The molecule has 0 saturated heterocycles. The number of nitrogens with two attached hydrogens (primary N) is 1. The Kier molecular flexibility index (Phi) is 4.16. The topological polar surface area (TPSA) is 93.9 Å². The highest BCUT2D eigenvalue weighted by molar-refractivity contribution is 6.32. The van der Waals surface area contributed by atoms with Crippen LogP contribution in [0.5, 0.6) is 0 Å². The van der Waals surface area contributed by atoms with Crippen LogP contribution in [0, 0.1) is 23.7 Å². The average molecular weight is 361 g/mol. The maximum absolute atomic E-state index is 12.9. The zero-order valence-electron chi connectivity index (χ0n) is 14.8. The molecule has 7 heteroatoms. The number of rotatable bonds is 2. The summed E-state index contributed by atoms with van der Waals surface area (Å²) < 4.78 is 7.42. The van der Waals surface area contributed by atoms with Crippen molar-refractivity contribution in [2.75, 3.05) is 0 Å². The number of halogens is 1. The summed E-state index contributed by atoms with van der Waals surface area (Å²) in [6.07, 6.45) is 0.974. The molecule has 1 unspecified atom stereocenters. The standard InChI is InChI=1S/C18H21ClN4O2/c1-5-23-16(15(19)9(2)22-23)13-10(8-20)17(21)25-12-7-18(3,4)6-11(24)14(12)13/h13H,5-7,21H2,1-4H3. The highest BCUT2D eigenvalue weighted by atomic mass is 35.5. The van der Waals surface area contributed by atoms with E-state index in [2.05, 4.69) is 11.2 Å². The summed E-state index contributed by atoms with van der Waals surface area (Å²) in [5.74, 6) is -0.0882. The van der Waals surface area contributed by atoms with Crippen LogP contribution in [0.25, 0.3) is 0 Å². The van der Waals surface area contributed by atoms with Crippen LogP contribution in [0.1, 0.15) is 50.9 Å². The molecule has 1 aromatic heterocycles. The number of nitrogens with zero attached hydrogens (tertiary/aromatic N) is 3. The van der Waals surface area contributed by atoms with Gasteiger partial charge in [-0.1, -0.05) is 25.4 Å². The molecule has 0 bridgehead atoms. The van der Waals surface area contributed by atoms with Crippen molar-refractivity contribution in [2.24, 2.45) is 11.1 Å². The number of carbonyl (C=O) groups excluding carboxylic acids is 1. The summed E-state index contributed by atoms with van der Waals surface area (Å²) in [5.41, 5.74) is 7.80. The van der Waals surface area contributed by atoms with Crippen molar-refractivity contribution >= 4 is 17.4 Å². The van der Waals surface area contributed by atoms with E-state index in [-0.39, 0.29) is 22.7 Å². The number of hydrogen-bond donors (Lipinski definition) is 1. The Morgan fingerprint density at radius 3 is 2.76 bits per heavy atom. The first-order valence-electron chi connectivity index (χ1n) is 8.26. The molecule has 0 amide bonds. The third-order valence-electron chi connectivity index (χ3n) is 4.74. The third kappa shape index (κ3) is 2.73. The Morgan fingerprint density at radius 2 is 2.16 bits per heavy atom. The summed E-state index contributed by atoms with van der Waals surface area (Å²) in [6, 6.07) is 2.11. The first-order valence-corrected chi connectivity index (χ1v) is 8.64. The van der Waals surface area contributed by atoms with Gasteiger partial charge >= 0.3 is 0 Å². The number of Topliss-reactive ketones (excluding diaryl/α,β-unsaturated/α-hetero) is 1. The number of aryl methyl sites for hydroxylation is 2. The van der Waals surface area contributed by atoms with Gasteiger partial charge in [0.15, 0.2) is 5.78 Å². The molecular formula is C18H21ClN4O2. The maximum atomic E-state index is 12.9. The van der Waals surface area contributed by atoms with Crippen molar-refractivity contribution in [1.29, 1.82) is 5.26 Å². The predicted octanol–water partition coefficient (Wildman–Crippen LogP) is 3.32. The fraction of sp³-hybridized carbons (Fsp3) is 0.500. The Morgan fingerprint density at radius 1 is 1.48 bits per heavy atom. The molecule has 0 spiro atoms. The van der Waals surface area contributed by atoms with Crippen LogP contribution in [0.15, 0.2) is 22.8 Å². The molecule has 0 fully saturated rings. The van der Waals surface area contributed by atoms with Crippen LogP contribution in [0.2, 0.25) is 5.02 Å². The van der Waals surface area contributed by atoms with Crippen LogP contribution in [0.3, 0.4) is 0 Å². The number of ketones is 1. The van der Waals surface area contributed by atoms with E-state index in [0.29, 0.717) is 47.1 Å². The summed E-state index contributed by atoms with van der Waals surface area (Å²) in [4.78, 5) is 12.9. The second kappa shape index (κ2) is 5.92. The van der Waals surface area contributed by atoms with Crippen molar-refractivity contribution in [1.82, 2.24) is 9.78 Å². The zero-order valence-corrected chi connectivity index (χ0v) is 15.6. The van der Waals surface area contributed by atoms with Crippen molar-refractivity contribution in [2.45, 2.75) is 53.0 Å². The molecule has 1 atom stereocenters. The molecule has 0 radical (unpaired) electrons. The van der Waals surface area contributed by atoms with Gasteiger partial charge in [-0.05, 0) is 19.3 Å². The normalized spacial score (nSPS) is 22.6. The van der Waals surface area contributed by atoms with E-state index in [4.69, 9.17) is 22.1 Å². The fourth-order valence-electron chi connectivity index (χ4n) is 3.65. The predicted molar refractivity (Wildman–Crippen MR) is 93.3 cm³/mol. The number of nitriles is 1. The van der Waals surface area contributed by atoms with Gasteiger partial charge in [-0.15, -0.1) is 0 Å². The van der Waals surface area contributed by atoms with Gasteiger partial charge in [0.1, 0.15) is 17.4 Å². The number of ether oxygens (including phenoxy) is 1. The minimum atomic E-state index is -0.633. The highest BCUT2D eigenvalue weighted by Crippen LogP contribution is 2.49. The van der Waals surface area contributed by atoms with E-state index in [0.717, 1.165) is 0 Å². The Labute approximate surface area is 151 Å². The van der Waals surface area contributed by atoms with Crippen LogP contribution in [-0.2, 0) is 16.1 Å². The molecule has 1 aliphatic heterocycles. The van der Waals surface area contributed by atoms with E-state index in [1.165, 1.54) is 0 Å². The number of carbonyl (C=O) groups is 1. The molecular weight excluding hydrogens is 340 g/mol. The Hall–Kier alpha value is -2.26. The quantitative estimate of drug-likeness (QED) is 0.873. The van der Waals surface area contributed by atoms with Gasteiger partial charge in [0.05, 0.1) is 22.3 Å². The lowest BCUT2D eigenvalue weighted by Crippen LogP contribution is -2.34. The molecule has 2 N–H and O–H groups in total. The lowest BCUT2D eigenvalue weighted by molar-refractivity contribution is -0.119. The number of hydrogen-bond acceptors (Lipinski definition) is 5. The van der Waals surface area contributed by atoms with Gasteiger partial charge < -0.3 is 10.5 Å². The Balaban J connectivity index is 2.28. The minimum absolute atomic E-state index is 0.0333. The second-order valence-electron chi connectivity index (χ2n) is 7.30. The molecule has 0 aromatic carbocycles. The van der Waals surface area contributed by atoms with Crippen LogP contribution < -0.4 is 5.73 Å². The van der Waals surface area contributed by atoms with E-state index >= 15 is 0 Å². The summed E-state index contributed by atoms with van der Waals surface area (Å²) in [5, 5.41) is 14.5. The lowest BCUT2D eigenvalue weighted by atomic mass is 9.71. The number of aromatic nitrogens is 2. The monoisotopic (exact) mass is 360 g/mol. The van der Waals surface area contributed by atoms with Crippen LogP contribution in [0.4, 0.5) is 0 Å². The SMILES string of the molecule is CCn1nc(C)c(Cl)c1C1C(C#N)=C(N)OC2=C1C(=O)CC(C)(C)C2. The third-order valence-corrected chi connectivity index (χ3v) is 5.21.